The Morgan fingerprint density at radius 2 is 1.94 bits per heavy atom. The van der Waals surface area contributed by atoms with Crippen molar-refractivity contribution in [1.29, 1.82) is 0 Å². The Balaban J connectivity index is 2.25. The molecule has 0 spiro atoms. The summed E-state index contributed by atoms with van der Waals surface area (Å²) < 4.78 is 11.5. The quantitative estimate of drug-likeness (QED) is 0.722. The molecule has 1 amide bonds. The number of carbonyl (C=O) groups is 1. The molecule has 1 aliphatic rings. The van der Waals surface area contributed by atoms with Gasteiger partial charge in [0.2, 0.25) is 5.91 Å². The summed E-state index contributed by atoms with van der Waals surface area (Å²) in [6.07, 6.45) is 7.03. The highest BCUT2D eigenvalue weighted by Gasteiger charge is 2.16. The highest BCUT2D eigenvalue weighted by Crippen LogP contribution is 2.17. The van der Waals surface area contributed by atoms with Crippen LogP contribution in [0.3, 0.4) is 0 Å². The Morgan fingerprint density at radius 3 is 2.47 bits per heavy atom. The Labute approximate surface area is 106 Å². The average Bonchev–Trinajstić information content (AvgIpc) is 2.44. The van der Waals surface area contributed by atoms with Gasteiger partial charge in [-0.15, -0.1) is 0 Å². The predicted molar refractivity (Wildman–Crippen MR) is 71.2 cm³/mol. The Kier molecular flexibility index (Phi) is 6.73. The van der Waals surface area contributed by atoms with Gasteiger partial charge in [-0.25, -0.2) is 0 Å². The third-order valence-corrected chi connectivity index (χ3v) is 4.44. The summed E-state index contributed by atoms with van der Waals surface area (Å²) in [4.78, 5) is 11.7. The summed E-state index contributed by atoms with van der Waals surface area (Å²) >= 11 is 0. The van der Waals surface area contributed by atoms with Crippen molar-refractivity contribution in [3.63, 3.8) is 0 Å². The molecule has 17 heavy (non-hydrogen) atoms. The standard InChI is InChI=1S/C12H24N2O2S/c1-10(13)8-17(16)9-12(15)14-11-6-4-2-3-5-7-11/h10-11H,2-9,13H2,1H3,(H,14,15). The van der Waals surface area contributed by atoms with Crippen molar-refractivity contribution < 1.29 is 9.00 Å². The van der Waals surface area contributed by atoms with E-state index in [-0.39, 0.29) is 23.7 Å². The smallest absolute Gasteiger partial charge is 0.232 e. The average molecular weight is 260 g/mol. The van der Waals surface area contributed by atoms with Crippen LogP contribution in [-0.4, -0.2) is 33.7 Å². The molecule has 0 aliphatic heterocycles. The van der Waals surface area contributed by atoms with Crippen LogP contribution in [0.15, 0.2) is 0 Å². The second-order valence-corrected chi connectivity index (χ2v) is 6.49. The van der Waals surface area contributed by atoms with Crippen molar-refractivity contribution in [3.05, 3.63) is 0 Å². The van der Waals surface area contributed by atoms with Gasteiger partial charge in [-0.1, -0.05) is 25.7 Å². The molecule has 2 atom stereocenters. The molecule has 0 radical (unpaired) electrons. The zero-order valence-electron chi connectivity index (χ0n) is 10.6. The van der Waals surface area contributed by atoms with Crippen LogP contribution in [0.4, 0.5) is 0 Å². The summed E-state index contributed by atoms with van der Waals surface area (Å²) in [6, 6.07) is 0.179. The third kappa shape index (κ3) is 6.78. The van der Waals surface area contributed by atoms with Gasteiger partial charge < -0.3 is 11.1 Å². The van der Waals surface area contributed by atoms with E-state index in [0.717, 1.165) is 12.8 Å². The van der Waals surface area contributed by atoms with Crippen molar-refractivity contribution in [2.24, 2.45) is 5.73 Å². The Morgan fingerprint density at radius 1 is 1.35 bits per heavy atom. The number of carbonyl (C=O) groups excluding carboxylic acids is 1. The normalized spacial score (nSPS) is 21.5. The minimum atomic E-state index is -1.13. The van der Waals surface area contributed by atoms with Gasteiger partial charge in [-0.05, 0) is 19.8 Å². The molecule has 4 nitrogen and oxygen atoms in total. The van der Waals surface area contributed by atoms with Crippen LogP contribution < -0.4 is 11.1 Å². The molecule has 1 rings (SSSR count). The van der Waals surface area contributed by atoms with Gasteiger partial charge in [0.15, 0.2) is 0 Å². The lowest BCUT2D eigenvalue weighted by Gasteiger charge is -2.16. The first kappa shape index (κ1) is 14.6. The van der Waals surface area contributed by atoms with E-state index in [1.165, 1.54) is 25.7 Å². The molecule has 1 aliphatic carbocycles. The molecule has 5 heteroatoms. The minimum Gasteiger partial charge on any atom is -0.353 e. The number of nitrogens with two attached hydrogens (primary N) is 1. The van der Waals surface area contributed by atoms with E-state index >= 15 is 0 Å². The first-order chi connectivity index (χ1) is 8.08. The number of hydrogen-bond acceptors (Lipinski definition) is 3. The molecule has 0 saturated heterocycles. The third-order valence-electron chi connectivity index (χ3n) is 2.96. The first-order valence-electron chi connectivity index (χ1n) is 6.48. The van der Waals surface area contributed by atoms with E-state index in [1.807, 2.05) is 0 Å². The fourth-order valence-electron chi connectivity index (χ4n) is 2.19. The summed E-state index contributed by atoms with van der Waals surface area (Å²) in [5.74, 6) is 0.409. The van der Waals surface area contributed by atoms with Gasteiger partial charge >= 0.3 is 0 Å². The maximum Gasteiger partial charge on any atom is 0.232 e. The number of nitrogens with one attached hydrogen (secondary N) is 1. The summed E-state index contributed by atoms with van der Waals surface area (Å²) in [5.41, 5.74) is 5.55. The second kappa shape index (κ2) is 7.82. The maximum absolute atomic E-state index is 11.7. The predicted octanol–water partition coefficient (Wildman–Crippen LogP) is 0.921. The molecule has 0 aromatic carbocycles. The number of amides is 1. The van der Waals surface area contributed by atoms with Crippen molar-refractivity contribution in [2.45, 2.75) is 57.5 Å². The van der Waals surface area contributed by atoms with E-state index in [4.69, 9.17) is 5.73 Å². The van der Waals surface area contributed by atoms with Gasteiger partial charge in [-0.2, -0.15) is 0 Å². The van der Waals surface area contributed by atoms with Crippen molar-refractivity contribution in [2.75, 3.05) is 11.5 Å². The molecule has 1 fully saturated rings. The van der Waals surface area contributed by atoms with Gasteiger partial charge in [0.05, 0.1) is 0 Å². The van der Waals surface area contributed by atoms with Gasteiger partial charge in [0.1, 0.15) is 5.75 Å². The van der Waals surface area contributed by atoms with Crippen LogP contribution in [0, 0.1) is 0 Å². The Bertz CT molecular complexity index is 261. The molecule has 2 unspecified atom stereocenters. The molecule has 3 N–H and O–H groups in total. The monoisotopic (exact) mass is 260 g/mol. The van der Waals surface area contributed by atoms with Gasteiger partial charge in [-0.3, -0.25) is 9.00 Å². The SMILES string of the molecule is CC(N)CS(=O)CC(=O)NC1CCCCCC1. The van der Waals surface area contributed by atoms with E-state index in [0.29, 0.717) is 5.75 Å². The molecular weight excluding hydrogens is 236 g/mol. The van der Waals surface area contributed by atoms with Crippen LogP contribution in [0.25, 0.3) is 0 Å². The second-order valence-electron chi connectivity index (χ2n) is 4.98. The lowest BCUT2D eigenvalue weighted by molar-refractivity contribution is -0.119. The lowest BCUT2D eigenvalue weighted by atomic mass is 10.1. The minimum absolute atomic E-state index is 0.0871. The van der Waals surface area contributed by atoms with Gasteiger partial charge in [0, 0.05) is 28.6 Å². The molecule has 0 bridgehead atoms. The first-order valence-corrected chi connectivity index (χ1v) is 7.96. The fraction of sp³-hybridized carbons (Fsp3) is 0.917. The molecule has 0 aromatic heterocycles. The van der Waals surface area contributed by atoms with E-state index < -0.39 is 10.8 Å². The molecule has 100 valence electrons. The Hall–Kier alpha value is -0.420. The largest absolute Gasteiger partial charge is 0.353 e. The van der Waals surface area contributed by atoms with Crippen LogP contribution in [0.2, 0.25) is 0 Å². The maximum atomic E-state index is 11.7. The van der Waals surface area contributed by atoms with Crippen LogP contribution in [-0.2, 0) is 15.6 Å². The highest BCUT2D eigenvalue weighted by atomic mass is 32.2. The fourth-order valence-corrected chi connectivity index (χ4v) is 3.27. The number of rotatable bonds is 5. The van der Waals surface area contributed by atoms with Crippen molar-refractivity contribution in [1.82, 2.24) is 5.32 Å². The van der Waals surface area contributed by atoms with E-state index in [1.54, 1.807) is 6.92 Å². The summed E-state index contributed by atoms with van der Waals surface area (Å²) in [7, 11) is -1.13. The lowest BCUT2D eigenvalue weighted by Crippen LogP contribution is -2.38. The van der Waals surface area contributed by atoms with Crippen LogP contribution in [0.5, 0.6) is 0 Å². The van der Waals surface area contributed by atoms with Crippen molar-refractivity contribution >= 4 is 16.7 Å². The summed E-state index contributed by atoms with van der Waals surface area (Å²) in [5, 5.41) is 2.99. The highest BCUT2D eigenvalue weighted by molar-refractivity contribution is 7.85. The zero-order valence-corrected chi connectivity index (χ0v) is 11.4. The molecule has 0 heterocycles. The van der Waals surface area contributed by atoms with E-state index in [9.17, 15) is 9.00 Å². The van der Waals surface area contributed by atoms with E-state index in [2.05, 4.69) is 5.32 Å². The van der Waals surface area contributed by atoms with Crippen LogP contribution >= 0.6 is 0 Å². The summed E-state index contributed by atoms with van der Waals surface area (Å²) in [6.45, 7) is 1.81. The zero-order chi connectivity index (χ0) is 12.7. The topological polar surface area (TPSA) is 72.2 Å². The van der Waals surface area contributed by atoms with Crippen molar-refractivity contribution in [3.8, 4) is 0 Å². The van der Waals surface area contributed by atoms with Gasteiger partial charge in [0.25, 0.3) is 0 Å². The molecular formula is C12H24N2O2S. The molecule has 1 saturated carbocycles. The van der Waals surface area contributed by atoms with Crippen LogP contribution in [0.1, 0.15) is 45.4 Å². The number of hydrogen-bond donors (Lipinski definition) is 2. The molecule has 0 aromatic rings.